The summed E-state index contributed by atoms with van der Waals surface area (Å²) >= 11 is 2.26. The topological polar surface area (TPSA) is 85.4 Å². The van der Waals surface area contributed by atoms with Crippen LogP contribution in [0.2, 0.25) is 0 Å². The molecule has 0 amide bonds. The van der Waals surface area contributed by atoms with Crippen LogP contribution in [-0.4, -0.2) is 26.5 Å². The second-order valence-corrected chi connectivity index (χ2v) is 7.68. The molecule has 1 N–H and O–H groups in total. The number of carbonyl (C=O) groups excluding carboxylic acids is 1. The van der Waals surface area contributed by atoms with E-state index in [0.717, 1.165) is 16.2 Å². The molecule has 0 aromatic carbocycles. The number of nitrogens with one attached hydrogen (secondary N) is 1. The number of hydrogen-bond acceptors (Lipinski definition) is 7. The minimum Gasteiger partial charge on any atom is -0.465 e. The van der Waals surface area contributed by atoms with E-state index in [1.165, 1.54) is 18.4 Å². The molecule has 0 aliphatic rings. The second-order valence-electron chi connectivity index (χ2n) is 3.95. The molecular weight excluding hydrogens is 320 g/mol. The van der Waals surface area contributed by atoms with Crippen molar-refractivity contribution in [2.24, 2.45) is 0 Å². The summed E-state index contributed by atoms with van der Waals surface area (Å²) < 4.78 is 31.8. The van der Waals surface area contributed by atoms with Crippen LogP contribution < -0.4 is 4.72 Å². The number of esters is 1. The Morgan fingerprint density at radius 2 is 2.10 bits per heavy atom. The quantitative estimate of drug-likeness (QED) is 0.869. The first-order chi connectivity index (χ1) is 9.35. The lowest BCUT2D eigenvalue weighted by molar-refractivity contribution is 0.0602. The molecule has 0 unspecified atom stereocenters. The smallest absolute Gasteiger partial charge is 0.349 e. The Balaban J connectivity index is 2.44. The molecule has 6 nitrogen and oxygen atoms in total. The number of nitrogens with zero attached hydrogens (tertiary/aromatic N) is 1. The van der Waals surface area contributed by atoms with E-state index in [4.69, 9.17) is 0 Å². The number of anilines is 1. The molecular formula is C11H12N2O4S3. The minimum atomic E-state index is -3.87. The lowest BCUT2D eigenvalue weighted by Gasteiger charge is -2.07. The second kappa shape index (κ2) is 5.51. The van der Waals surface area contributed by atoms with Crippen LogP contribution in [0, 0.1) is 13.8 Å². The standard InChI is InChI=1S/C11H12N2O4S3/c1-6-5-18-8(10(14)17-3)9(6)20(15,16)13-11-12-4-7(2)19-11/h4-5H,1-3H3,(H,12,13). The molecule has 108 valence electrons. The van der Waals surface area contributed by atoms with Crippen molar-refractivity contribution >= 4 is 43.8 Å². The molecule has 20 heavy (non-hydrogen) atoms. The van der Waals surface area contributed by atoms with Crippen molar-refractivity contribution in [3.8, 4) is 0 Å². The van der Waals surface area contributed by atoms with Crippen molar-refractivity contribution in [1.29, 1.82) is 0 Å². The Kier molecular flexibility index (Phi) is 4.11. The van der Waals surface area contributed by atoms with E-state index in [9.17, 15) is 13.2 Å². The molecule has 2 heterocycles. The highest BCUT2D eigenvalue weighted by atomic mass is 32.2. The average molecular weight is 332 g/mol. The summed E-state index contributed by atoms with van der Waals surface area (Å²) in [5, 5.41) is 1.87. The van der Waals surface area contributed by atoms with Crippen LogP contribution in [0.15, 0.2) is 16.5 Å². The van der Waals surface area contributed by atoms with Gasteiger partial charge in [-0.15, -0.1) is 22.7 Å². The van der Waals surface area contributed by atoms with Crippen molar-refractivity contribution in [2.45, 2.75) is 18.7 Å². The average Bonchev–Trinajstić information content (AvgIpc) is 2.94. The molecule has 2 aromatic rings. The van der Waals surface area contributed by atoms with Crippen molar-refractivity contribution in [3.63, 3.8) is 0 Å². The Hall–Kier alpha value is -1.45. The van der Waals surface area contributed by atoms with Gasteiger partial charge in [0.2, 0.25) is 0 Å². The lowest BCUT2D eigenvalue weighted by Crippen LogP contribution is -2.16. The number of ether oxygens (including phenoxy) is 1. The van der Waals surface area contributed by atoms with Gasteiger partial charge < -0.3 is 4.74 Å². The van der Waals surface area contributed by atoms with E-state index in [1.807, 2.05) is 6.92 Å². The van der Waals surface area contributed by atoms with Crippen molar-refractivity contribution < 1.29 is 17.9 Å². The first-order valence-electron chi connectivity index (χ1n) is 5.47. The number of thiophene rings is 1. The third kappa shape index (κ3) is 2.84. The third-order valence-corrected chi connectivity index (χ3v) is 6.09. The Morgan fingerprint density at radius 1 is 1.40 bits per heavy atom. The highest BCUT2D eigenvalue weighted by Gasteiger charge is 2.28. The number of methoxy groups -OCH3 is 1. The number of hydrogen-bond donors (Lipinski definition) is 1. The zero-order chi connectivity index (χ0) is 14.9. The molecule has 0 spiro atoms. The van der Waals surface area contributed by atoms with E-state index in [2.05, 4.69) is 14.4 Å². The monoisotopic (exact) mass is 332 g/mol. The summed E-state index contributed by atoms with van der Waals surface area (Å²) in [6.07, 6.45) is 1.57. The minimum absolute atomic E-state index is 0.0535. The fourth-order valence-electron chi connectivity index (χ4n) is 1.57. The summed E-state index contributed by atoms with van der Waals surface area (Å²) in [4.78, 5) is 16.5. The Morgan fingerprint density at radius 3 is 2.65 bits per heavy atom. The van der Waals surface area contributed by atoms with Crippen LogP contribution in [0.4, 0.5) is 5.13 Å². The van der Waals surface area contributed by atoms with Gasteiger partial charge in [0.15, 0.2) is 5.13 Å². The van der Waals surface area contributed by atoms with Gasteiger partial charge >= 0.3 is 5.97 Å². The predicted octanol–water partition coefficient (Wildman–Crippen LogP) is 2.41. The molecule has 0 fully saturated rings. The van der Waals surface area contributed by atoms with Gasteiger partial charge in [-0.05, 0) is 24.8 Å². The molecule has 0 saturated carbocycles. The molecule has 0 radical (unpaired) electrons. The van der Waals surface area contributed by atoms with Crippen LogP contribution in [0.25, 0.3) is 0 Å². The van der Waals surface area contributed by atoms with Gasteiger partial charge in [-0.25, -0.2) is 18.2 Å². The lowest BCUT2D eigenvalue weighted by atomic mass is 10.3. The maximum Gasteiger partial charge on any atom is 0.349 e. The van der Waals surface area contributed by atoms with E-state index in [-0.39, 0.29) is 14.9 Å². The molecule has 9 heteroatoms. The molecule has 0 saturated heterocycles. The first-order valence-corrected chi connectivity index (χ1v) is 8.64. The van der Waals surface area contributed by atoms with E-state index >= 15 is 0 Å². The van der Waals surface area contributed by atoms with Crippen LogP contribution in [0.5, 0.6) is 0 Å². The molecule has 0 atom stereocenters. The number of thiazole rings is 1. The highest BCUT2D eigenvalue weighted by molar-refractivity contribution is 7.93. The maximum atomic E-state index is 12.4. The molecule has 2 rings (SSSR count). The third-order valence-electron chi connectivity index (χ3n) is 2.40. The van der Waals surface area contributed by atoms with E-state index < -0.39 is 16.0 Å². The zero-order valence-corrected chi connectivity index (χ0v) is 13.4. The number of carbonyl (C=O) groups is 1. The van der Waals surface area contributed by atoms with E-state index in [0.29, 0.717) is 5.56 Å². The molecule has 0 bridgehead atoms. The predicted molar refractivity (Wildman–Crippen MR) is 78.1 cm³/mol. The fraction of sp³-hybridized carbons (Fsp3) is 0.273. The summed E-state index contributed by atoms with van der Waals surface area (Å²) in [5.74, 6) is -0.668. The van der Waals surface area contributed by atoms with Crippen LogP contribution >= 0.6 is 22.7 Å². The number of aryl methyl sites for hydroxylation is 2. The Bertz CT molecular complexity index is 746. The van der Waals surface area contributed by atoms with E-state index in [1.54, 1.807) is 18.5 Å². The van der Waals surface area contributed by atoms with Gasteiger partial charge in [0.25, 0.3) is 10.0 Å². The molecule has 0 aliphatic carbocycles. The van der Waals surface area contributed by atoms with Crippen LogP contribution in [0.3, 0.4) is 0 Å². The summed E-state index contributed by atoms with van der Waals surface area (Å²) in [7, 11) is -2.65. The van der Waals surface area contributed by atoms with Gasteiger partial charge in [0.05, 0.1) is 7.11 Å². The van der Waals surface area contributed by atoms with Crippen LogP contribution in [0.1, 0.15) is 20.1 Å². The van der Waals surface area contributed by atoms with Crippen molar-refractivity contribution in [2.75, 3.05) is 11.8 Å². The normalized spacial score (nSPS) is 11.3. The number of sulfonamides is 1. The zero-order valence-electron chi connectivity index (χ0n) is 11.0. The molecule has 2 aromatic heterocycles. The van der Waals surface area contributed by atoms with Crippen molar-refractivity contribution in [1.82, 2.24) is 4.98 Å². The summed E-state index contributed by atoms with van der Waals surface area (Å²) in [5.41, 5.74) is 0.496. The van der Waals surface area contributed by atoms with Crippen LogP contribution in [-0.2, 0) is 14.8 Å². The van der Waals surface area contributed by atoms with Gasteiger partial charge in [-0.2, -0.15) is 0 Å². The van der Waals surface area contributed by atoms with Gasteiger partial charge in [0, 0.05) is 11.1 Å². The highest BCUT2D eigenvalue weighted by Crippen LogP contribution is 2.30. The van der Waals surface area contributed by atoms with Crippen molar-refractivity contribution in [3.05, 3.63) is 26.9 Å². The van der Waals surface area contributed by atoms with Gasteiger partial charge in [-0.1, -0.05) is 0 Å². The fourth-order valence-corrected chi connectivity index (χ4v) is 5.18. The summed E-state index contributed by atoms with van der Waals surface area (Å²) in [6, 6.07) is 0. The van der Waals surface area contributed by atoms with Gasteiger partial charge in [0.1, 0.15) is 9.77 Å². The van der Waals surface area contributed by atoms with Gasteiger partial charge in [-0.3, -0.25) is 4.72 Å². The number of aromatic nitrogens is 1. The SMILES string of the molecule is COC(=O)c1scc(C)c1S(=O)(=O)Nc1ncc(C)s1. The first kappa shape index (κ1) is 14.9. The number of rotatable bonds is 4. The largest absolute Gasteiger partial charge is 0.465 e. The molecule has 0 aliphatic heterocycles. The Labute approximate surface area is 124 Å². The maximum absolute atomic E-state index is 12.4. The summed E-state index contributed by atoms with van der Waals surface area (Å²) in [6.45, 7) is 3.45.